The number of nitrogens with zero attached hydrogens (tertiary/aromatic N) is 1. The first-order valence-electron chi connectivity index (χ1n) is 6.28. The molecule has 0 aromatic heterocycles. The number of para-hydroxylation sites is 2. The van der Waals surface area contributed by atoms with E-state index in [0.717, 1.165) is 5.69 Å². The summed E-state index contributed by atoms with van der Waals surface area (Å²) >= 11 is 0. The van der Waals surface area contributed by atoms with Gasteiger partial charge in [0, 0.05) is 11.3 Å². The number of hydrogen-bond acceptors (Lipinski definition) is 5. The summed E-state index contributed by atoms with van der Waals surface area (Å²) in [7, 11) is 0. The molecule has 6 nitrogen and oxygen atoms in total. The topological polar surface area (TPSA) is 94.0 Å². The lowest BCUT2D eigenvalue weighted by molar-refractivity contribution is -0.119. The van der Waals surface area contributed by atoms with Gasteiger partial charge >= 0.3 is 0 Å². The first kappa shape index (κ1) is 14.4. The predicted octanol–water partition coefficient (Wildman–Crippen LogP) is 1.66. The molecule has 0 unspecified atom stereocenters. The maximum atomic E-state index is 11.6. The van der Waals surface area contributed by atoms with Crippen LogP contribution in [-0.2, 0) is 4.79 Å². The van der Waals surface area contributed by atoms with Crippen molar-refractivity contribution in [3.05, 3.63) is 54.1 Å². The minimum atomic E-state index is -0.324. The summed E-state index contributed by atoms with van der Waals surface area (Å²) in [6.45, 7) is 0.0768. The zero-order chi connectivity index (χ0) is 15.1. The molecular weight excluding hydrogens is 270 g/mol. The summed E-state index contributed by atoms with van der Waals surface area (Å²) in [6.07, 6.45) is 1.26. The second kappa shape index (κ2) is 6.95. The van der Waals surface area contributed by atoms with Crippen molar-refractivity contribution >= 4 is 17.8 Å². The van der Waals surface area contributed by atoms with Crippen molar-refractivity contribution in [3.8, 4) is 11.5 Å². The number of benzene rings is 2. The molecule has 2 aromatic carbocycles. The molecule has 0 aliphatic carbocycles. The van der Waals surface area contributed by atoms with Crippen molar-refractivity contribution in [3.63, 3.8) is 0 Å². The van der Waals surface area contributed by atoms with Crippen molar-refractivity contribution in [1.29, 1.82) is 0 Å². The highest BCUT2D eigenvalue weighted by molar-refractivity contribution is 5.87. The number of phenols is 2. The Labute approximate surface area is 121 Å². The molecule has 0 aliphatic rings. The zero-order valence-corrected chi connectivity index (χ0v) is 11.2. The molecule has 0 radical (unpaired) electrons. The van der Waals surface area contributed by atoms with Crippen molar-refractivity contribution in [2.45, 2.75) is 0 Å². The van der Waals surface area contributed by atoms with Crippen molar-refractivity contribution < 1.29 is 15.0 Å². The molecule has 6 heteroatoms. The molecule has 0 spiro atoms. The van der Waals surface area contributed by atoms with E-state index in [0.29, 0.717) is 5.56 Å². The third-order valence-electron chi connectivity index (χ3n) is 2.67. The Morgan fingerprint density at radius 3 is 2.62 bits per heavy atom. The number of nitrogens with one attached hydrogen (secondary N) is 2. The van der Waals surface area contributed by atoms with Gasteiger partial charge in [0.15, 0.2) is 11.5 Å². The minimum absolute atomic E-state index is 0.0768. The highest BCUT2D eigenvalue weighted by atomic mass is 16.3. The number of aromatic hydroxyl groups is 2. The molecule has 0 saturated heterocycles. The molecule has 0 heterocycles. The van der Waals surface area contributed by atoms with Gasteiger partial charge < -0.3 is 15.5 Å². The Balaban J connectivity index is 1.83. The molecule has 4 N–H and O–H groups in total. The normalized spacial score (nSPS) is 10.5. The van der Waals surface area contributed by atoms with Crippen LogP contribution in [0.3, 0.4) is 0 Å². The van der Waals surface area contributed by atoms with E-state index < -0.39 is 0 Å². The number of carbonyl (C=O) groups is 1. The summed E-state index contributed by atoms with van der Waals surface area (Å²) in [6, 6.07) is 13.8. The van der Waals surface area contributed by atoms with Gasteiger partial charge in [-0.25, -0.2) is 5.43 Å². The fraction of sp³-hybridized carbons (Fsp3) is 0.0667. The van der Waals surface area contributed by atoms with Crippen molar-refractivity contribution in [2.75, 3.05) is 11.9 Å². The van der Waals surface area contributed by atoms with Crippen LogP contribution in [0.25, 0.3) is 0 Å². The third kappa shape index (κ3) is 4.24. The summed E-state index contributed by atoms with van der Waals surface area (Å²) in [5.74, 6) is -0.844. The van der Waals surface area contributed by atoms with Gasteiger partial charge in [-0.2, -0.15) is 5.10 Å². The number of carbonyl (C=O) groups excluding carboxylic acids is 1. The van der Waals surface area contributed by atoms with E-state index in [-0.39, 0.29) is 24.0 Å². The van der Waals surface area contributed by atoms with Gasteiger partial charge in [0.1, 0.15) is 0 Å². The van der Waals surface area contributed by atoms with Crippen LogP contribution in [0.2, 0.25) is 0 Å². The second-order valence-corrected chi connectivity index (χ2v) is 4.23. The first-order valence-corrected chi connectivity index (χ1v) is 6.28. The van der Waals surface area contributed by atoms with Crippen LogP contribution >= 0.6 is 0 Å². The summed E-state index contributed by atoms with van der Waals surface area (Å²) < 4.78 is 0. The first-order chi connectivity index (χ1) is 10.2. The van der Waals surface area contributed by atoms with E-state index >= 15 is 0 Å². The van der Waals surface area contributed by atoms with Gasteiger partial charge in [0.05, 0.1) is 12.8 Å². The van der Waals surface area contributed by atoms with E-state index in [1.165, 1.54) is 12.3 Å². The Kier molecular flexibility index (Phi) is 4.76. The Morgan fingerprint density at radius 1 is 1.10 bits per heavy atom. The number of hydrazone groups is 1. The van der Waals surface area contributed by atoms with Gasteiger partial charge in [0.2, 0.25) is 0 Å². The van der Waals surface area contributed by atoms with Crippen LogP contribution in [0.1, 0.15) is 5.56 Å². The van der Waals surface area contributed by atoms with Crippen LogP contribution in [0.5, 0.6) is 11.5 Å². The highest BCUT2D eigenvalue weighted by Gasteiger charge is 2.03. The van der Waals surface area contributed by atoms with E-state index in [1.54, 1.807) is 12.1 Å². The Hall–Kier alpha value is -3.02. The smallest absolute Gasteiger partial charge is 0.259 e. The Morgan fingerprint density at radius 2 is 1.86 bits per heavy atom. The standard InChI is InChI=1S/C15H15N3O3/c19-13-8-4-5-11(15(13)21)9-17-18-14(20)10-16-12-6-2-1-3-7-12/h1-9,16,19,21H,10H2,(H,18,20)/b17-9-. The van der Waals surface area contributed by atoms with Crippen LogP contribution < -0.4 is 10.7 Å². The van der Waals surface area contributed by atoms with Gasteiger partial charge in [-0.1, -0.05) is 24.3 Å². The van der Waals surface area contributed by atoms with Crippen molar-refractivity contribution in [1.82, 2.24) is 5.43 Å². The molecule has 0 bridgehead atoms. The fourth-order valence-corrected chi connectivity index (χ4v) is 1.60. The molecule has 108 valence electrons. The SMILES string of the molecule is O=C(CNc1ccccc1)N/N=C\c1cccc(O)c1O. The summed E-state index contributed by atoms with van der Waals surface area (Å²) in [4.78, 5) is 11.6. The van der Waals surface area contributed by atoms with E-state index in [4.69, 9.17) is 0 Å². The molecular formula is C15H15N3O3. The van der Waals surface area contributed by atoms with Crippen LogP contribution in [-0.4, -0.2) is 28.9 Å². The highest BCUT2D eigenvalue weighted by Crippen LogP contribution is 2.26. The van der Waals surface area contributed by atoms with E-state index in [9.17, 15) is 15.0 Å². The van der Waals surface area contributed by atoms with Crippen LogP contribution in [0, 0.1) is 0 Å². The number of phenolic OH excluding ortho intramolecular Hbond substituents is 2. The third-order valence-corrected chi connectivity index (χ3v) is 2.67. The average Bonchev–Trinajstić information content (AvgIpc) is 2.50. The van der Waals surface area contributed by atoms with Gasteiger partial charge in [-0.3, -0.25) is 4.79 Å². The number of anilines is 1. The average molecular weight is 285 g/mol. The minimum Gasteiger partial charge on any atom is -0.504 e. The molecule has 2 rings (SSSR count). The fourth-order valence-electron chi connectivity index (χ4n) is 1.60. The summed E-state index contributed by atoms with van der Waals surface area (Å²) in [5, 5.41) is 25.5. The monoisotopic (exact) mass is 285 g/mol. The number of rotatable bonds is 5. The maximum Gasteiger partial charge on any atom is 0.259 e. The lowest BCUT2D eigenvalue weighted by Crippen LogP contribution is -2.25. The molecule has 1 amide bonds. The lowest BCUT2D eigenvalue weighted by atomic mass is 10.2. The second-order valence-electron chi connectivity index (χ2n) is 4.23. The van der Waals surface area contributed by atoms with Crippen LogP contribution in [0.4, 0.5) is 5.69 Å². The maximum absolute atomic E-state index is 11.6. The quantitative estimate of drug-likeness (QED) is 0.382. The number of hydrogen-bond donors (Lipinski definition) is 4. The molecule has 0 atom stereocenters. The predicted molar refractivity (Wildman–Crippen MR) is 80.4 cm³/mol. The molecule has 0 aliphatic heterocycles. The lowest BCUT2D eigenvalue weighted by Gasteiger charge is -2.04. The summed E-state index contributed by atoms with van der Waals surface area (Å²) in [5.41, 5.74) is 3.47. The molecule has 2 aromatic rings. The van der Waals surface area contributed by atoms with E-state index in [2.05, 4.69) is 15.8 Å². The van der Waals surface area contributed by atoms with Gasteiger partial charge in [0.25, 0.3) is 5.91 Å². The van der Waals surface area contributed by atoms with Crippen LogP contribution in [0.15, 0.2) is 53.6 Å². The molecule has 0 saturated carbocycles. The Bertz CT molecular complexity index is 642. The zero-order valence-electron chi connectivity index (χ0n) is 11.2. The van der Waals surface area contributed by atoms with Gasteiger partial charge in [-0.05, 0) is 24.3 Å². The van der Waals surface area contributed by atoms with E-state index in [1.807, 2.05) is 30.3 Å². The van der Waals surface area contributed by atoms with Crippen molar-refractivity contribution in [2.24, 2.45) is 5.10 Å². The molecule has 21 heavy (non-hydrogen) atoms. The molecule has 0 fully saturated rings. The number of amides is 1. The van der Waals surface area contributed by atoms with Gasteiger partial charge in [-0.15, -0.1) is 0 Å². The largest absolute Gasteiger partial charge is 0.504 e.